The van der Waals surface area contributed by atoms with Crippen LogP contribution in [-0.2, 0) is 5.41 Å². The van der Waals surface area contributed by atoms with Crippen LogP contribution in [0.4, 0.5) is 11.4 Å². The van der Waals surface area contributed by atoms with Gasteiger partial charge in [-0.15, -0.1) is 0 Å². The minimum Gasteiger partial charge on any atom is -0.356 e. The van der Waals surface area contributed by atoms with E-state index in [1.54, 1.807) is 0 Å². The molecule has 4 aliphatic heterocycles. The highest BCUT2D eigenvalue weighted by atomic mass is 14.9. The molecule has 1 fully saturated rings. The van der Waals surface area contributed by atoms with Gasteiger partial charge in [0.2, 0.25) is 0 Å². The average molecular weight is 249 g/mol. The minimum absolute atomic E-state index is 0.257. The van der Waals surface area contributed by atoms with E-state index in [-0.39, 0.29) is 5.41 Å². The van der Waals surface area contributed by atoms with Crippen LogP contribution in [0.1, 0.15) is 43.2 Å². The van der Waals surface area contributed by atoms with Crippen LogP contribution in [0.3, 0.4) is 0 Å². The largest absolute Gasteiger partial charge is 0.356 e. The molecule has 0 atom stereocenters. The van der Waals surface area contributed by atoms with Crippen molar-refractivity contribution in [3.63, 3.8) is 0 Å². The molecule has 7 rings (SSSR count). The first-order chi connectivity index (χ1) is 9.37. The highest BCUT2D eigenvalue weighted by Crippen LogP contribution is 2.45. The van der Waals surface area contributed by atoms with Gasteiger partial charge in [-0.2, -0.15) is 0 Å². The van der Waals surface area contributed by atoms with Gasteiger partial charge in [-0.05, 0) is 48.2 Å². The zero-order chi connectivity index (χ0) is 12.7. The third-order valence-corrected chi connectivity index (χ3v) is 4.87. The Morgan fingerprint density at radius 1 is 0.632 bits per heavy atom. The lowest BCUT2D eigenvalue weighted by atomic mass is 9.65. The van der Waals surface area contributed by atoms with Crippen molar-refractivity contribution >= 4 is 11.4 Å². The van der Waals surface area contributed by atoms with E-state index in [0.29, 0.717) is 0 Å². The molecule has 0 radical (unpaired) electrons. The maximum atomic E-state index is 3.45. The summed E-state index contributed by atoms with van der Waals surface area (Å²) in [6, 6.07) is 18.2. The maximum absolute atomic E-state index is 3.45. The Bertz CT molecular complexity index is 527. The number of hydrogen-bond acceptors (Lipinski definition) is 1. The molecule has 2 aromatic carbocycles. The summed E-state index contributed by atoms with van der Waals surface area (Å²) in [6.45, 7) is 0. The molecule has 96 valence electrons. The summed E-state index contributed by atoms with van der Waals surface area (Å²) in [5, 5.41) is 3.45. The van der Waals surface area contributed by atoms with E-state index in [9.17, 15) is 0 Å². The van der Waals surface area contributed by atoms with Gasteiger partial charge in [-0.25, -0.2) is 0 Å². The maximum Gasteiger partial charge on any atom is 0.0384 e. The summed E-state index contributed by atoms with van der Waals surface area (Å²) >= 11 is 0. The Kier molecular flexibility index (Phi) is 2.41. The van der Waals surface area contributed by atoms with Gasteiger partial charge in [0.1, 0.15) is 0 Å². The fourth-order valence-corrected chi connectivity index (χ4v) is 3.81. The number of hydrogen-bond donors (Lipinski definition) is 1. The number of nitrogens with one attached hydrogen (secondary N) is 1. The minimum atomic E-state index is 0.257. The van der Waals surface area contributed by atoms with Crippen molar-refractivity contribution < 1.29 is 0 Å². The first kappa shape index (κ1) is 11.1. The van der Waals surface area contributed by atoms with Gasteiger partial charge in [0, 0.05) is 16.8 Å². The number of anilines is 2. The van der Waals surface area contributed by atoms with Crippen LogP contribution >= 0.6 is 0 Å². The van der Waals surface area contributed by atoms with Crippen LogP contribution in [0.2, 0.25) is 0 Å². The quantitative estimate of drug-likeness (QED) is 0.693. The molecule has 1 spiro atoms. The molecule has 0 aromatic heterocycles. The summed E-state index contributed by atoms with van der Waals surface area (Å²) in [7, 11) is 0. The predicted octanol–water partition coefficient (Wildman–Crippen LogP) is 4.99. The molecule has 2 aromatic rings. The summed E-state index contributed by atoms with van der Waals surface area (Å²) < 4.78 is 0. The van der Waals surface area contributed by atoms with Gasteiger partial charge in [0.25, 0.3) is 0 Å². The van der Waals surface area contributed by atoms with Crippen molar-refractivity contribution in [3.05, 3.63) is 59.7 Å². The fourth-order valence-electron chi connectivity index (χ4n) is 3.81. The Morgan fingerprint density at radius 2 is 1.11 bits per heavy atom. The van der Waals surface area contributed by atoms with E-state index >= 15 is 0 Å². The fraction of sp³-hybridized carbons (Fsp3) is 0.333. The molecule has 1 nitrogen and oxygen atoms in total. The first-order valence-corrected chi connectivity index (χ1v) is 7.35. The molecule has 1 saturated carbocycles. The average Bonchev–Trinajstić information content (AvgIpc) is 2.50. The van der Waals surface area contributed by atoms with E-state index in [1.807, 2.05) is 0 Å². The number of rotatable bonds is 0. The van der Waals surface area contributed by atoms with Crippen LogP contribution in [0.5, 0.6) is 0 Å². The molecule has 1 N–H and O–H groups in total. The van der Waals surface area contributed by atoms with Crippen molar-refractivity contribution in [3.8, 4) is 0 Å². The molecule has 19 heavy (non-hydrogen) atoms. The predicted molar refractivity (Wildman–Crippen MR) is 80.0 cm³/mol. The van der Waals surface area contributed by atoms with Crippen LogP contribution in [-0.4, -0.2) is 0 Å². The lowest BCUT2D eigenvalue weighted by molar-refractivity contribution is 0.346. The second kappa shape index (κ2) is 4.12. The van der Waals surface area contributed by atoms with Crippen molar-refractivity contribution in [1.82, 2.24) is 0 Å². The SMILES string of the molecule is c1cc2ccc1Nc1ccc(cc1)C21CCCCC1. The van der Waals surface area contributed by atoms with Gasteiger partial charge in [0.15, 0.2) is 0 Å². The van der Waals surface area contributed by atoms with Crippen LogP contribution in [0.15, 0.2) is 48.5 Å². The highest BCUT2D eigenvalue weighted by molar-refractivity contribution is 5.62. The Hall–Kier alpha value is -1.76. The van der Waals surface area contributed by atoms with E-state index in [2.05, 4.69) is 53.8 Å². The third kappa shape index (κ3) is 1.68. The second-order valence-electron chi connectivity index (χ2n) is 5.92. The summed E-state index contributed by atoms with van der Waals surface area (Å²) in [6.07, 6.45) is 6.67. The molecule has 0 unspecified atom stereocenters. The second-order valence-corrected chi connectivity index (χ2v) is 5.92. The molecule has 5 aliphatic rings. The van der Waals surface area contributed by atoms with Crippen LogP contribution in [0, 0.1) is 0 Å². The Balaban J connectivity index is 1.96. The van der Waals surface area contributed by atoms with Crippen LogP contribution in [0.25, 0.3) is 0 Å². The molecule has 1 aliphatic carbocycles. The normalized spacial score (nSPS) is 19.4. The topological polar surface area (TPSA) is 12.0 Å². The van der Waals surface area contributed by atoms with E-state index in [4.69, 9.17) is 0 Å². The molecule has 0 amide bonds. The Labute approximate surface area is 114 Å². The highest BCUT2D eigenvalue weighted by Gasteiger charge is 2.35. The molecular weight excluding hydrogens is 230 g/mol. The molecule has 1 heteroatoms. The third-order valence-electron chi connectivity index (χ3n) is 4.87. The van der Waals surface area contributed by atoms with Crippen molar-refractivity contribution in [2.45, 2.75) is 37.5 Å². The van der Waals surface area contributed by atoms with Crippen LogP contribution < -0.4 is 5.32 Å². The summed E-state index contributed by atoms with van der Waals surface area (Å²) in [5.41, 5.74) is 5.61. The van der Waals surface area contributed by atoms with Gasteiger partial charge in [-0.1, -0.05) is 43.5 Å². The first-order valence-electron chi connectivity index (χ1n) is 7.35. The molecule has 4 bridgehead atoms. The van der Waals surface area contributed by atoms with Gasteiger partial charge in [0.05, 0.1) is 0 Å². The molecular formula is C18H19N. The summed E-state index contributed by atoms with van der Waals surface area (Å²) in [4.78, 5) is 0. The van der Waals surface area contributed by atoms with E-state index < -0.39 is 0 Å². The van der Waals surface area contributed by atoms with Crippen molar-refractivity contribution in [2.75, 3.05) is 5.32 Å². The number of benzene rings is 2. The monoisotopic (exact) mass is 249 g/mol. The van der Waals surface area contributed by atoms with Crippen molar-refractivity contribution in [1.29, 1.82) is 0 Å². The zero-order valence-electron chi connectivity index (χ0n) is 11.2. The van der Waals surface area contributed by atoms with Gasteiger partial charge < -0.3 is 5.32 Å². The van der Waals surface area contributed by atoms with Gasteiger partial charge >= 0.3 is 0 Å². The zero-order valence-corrected chi connectivity index (χ0v) is 11.2. The lowest BCUT2D eigenvalue weighted by Crippen LogP contribution is -2.30. The lowest BCUT2D eigenvalue weighted by Gasteiger charge is -2.39. The molecule has 0 saturated heterocycles. The van der Waals surface area contributed by atoms with E-state index in [0.717, 1.165) is 0 Å². The summed E-state index contributed by atoms with van der Waals surface area (Å²) in [5.74, 6) is 0. The van der Waals surface area contributed by atoms with Gasteiger partial charge in [-0.3, -0.25) is 0 Å². The molecule has 4 heterocycles. The smallest absolute Gasteiger partial charge is 0.0384 e. The Morgan fingerprint density at radius 3 is 1.58 bits per heavy atom. The van der Waals surface area contributed by atoms with E-state index in [1.165, 1.54) is 54.6 Å². The standard InChI is InChI=1S/C18H19N/c1-2-12-18(13-3-1)14-4-8-16(9-5-14)19-17-10-6-15(18)7-11-17/h4-11,19H,1-3,12-13H2. The van der Waals surface area contributed by atoms with Crippen molar-refractivity contribution in [2.24, 2.45) is 0 Å².